The third-order valence-corrected chi connectivity index (χ3v) is 0. The first-order valence-electron chi connectivity index (χ1n) is 2.12. The second-order valence-electron chi connectivity index (χ2n) is 1.01. The van der Waals surface area contributed by atoms with Gasteiger partial charge in [-0.15, -0.1) is 0 Å². The summed E-state index contributed by atoms with van der Waals surface area (Å²) in [6.45, 7) is 4.06. The summed E-state index contributed by atoms with van der Waals surface area (Å²) in [7, 11) is 0. The van der Waals surface area contributed by atoms with Gasteiger partial charge in [0.25, 0.3) is 5.97 Å². The van der Waals surface area contributed by atoms with E-state index in [1.807, 2.05) is 6.79 Å². The molecule has 6 heteroatoms. The molecule has 0 rings (SSSR count). The molecule has 0 aromatic heterocycles. The fourth-order valence-electron chi connectivity index (χ4n) is 0. The monoisotopic (exact) mass is 172 g/mol. The predicted octanol–water partition coefficient (Wildman–Crippen LogP) is -4.33. The van der Waals surface area contributed by atoms with E-state index in [9.17, 15) is 0 Å². The normalized spacial score (nSPS) is 4.91. The maximum atomic E-state index is 9.00. The fourth-order valence-corrected chi connectivity index (χ4v) is 0. The minimum Gasteiger partial charge on any atom is -0.550 e. The molecule has 0 aliphatic heterocycles. The smallest absolute Gasteiger partial charge is 0.550 e. The Bertz CT molecular complexity index is 83.0. The number of carboxylic acid groups (broad SMARTS) is 2. The summed E-state index contributed by atoms with van der Waals surface area (Å²) in [5, 5.41) is 16.3. The van der Waals surface area contributed by atoms with E-state index >= 15 is 0 Å². The van der Waals surface area contributed by atoms with Gasteiger partial charge < -0.3 is 19.8 Å². The van der Waals surface area contributed by atoms with Crippen molar-refractivity contribution in [2.75, 3.05) is 0 Å². The summed E-state index contributed by atoms with van der Waals surface area (Å²) in [5.41, 5.74) is 0. The van der Waals surface area contributed by atoms with Crippen LogP contribution >= 0.6 is 0 Å². The Morgan fingerprint density at radius 2 is 1.27 bits per heavy atom. The zero-order chi connectivity index (χ0) is 9.15. The van der Waals surface area contributed by atoms with Gasteiger partial charge in [0.05, 0.1) is 0 Å². The molecule has 0 aliphatic rings. The maximum absolute atomic E-state index is 9.00. The van der Waals surface area contributed by atoms with Crippen LogP contribution < -0.4 is 34.7 Å². The van der Waals surface area contributed by atoms with Crippen molar-refractivity contribution >= 4 is 18.7 Å². The van der Waals surface area contributed by atoms with E-state index < -0.39 is 11.9 Å². The molecule has 0 aliphatic carbocycles. The molecule has 60 valence electrons. The summed E-state index contributed by atoms with van der Waals surface area (Å²) in [5.74, 6) is -1.92. The van der Waals surface area contributed by atoms with Crippen LogP contribution in [0.2, 0.25) is 0 Å². The van der Waals surface area contributed by atoms with Crippen LogP contribution in [-0.4, -0.2) is 23.8 Å². The van der Waals surface area contributed by atoms with Gasteiger partial charge in [0.1, 0.15) is 6.79 Å². The average Bonchev–Trinajstić information content (AvgIpc) is 1.66. The van der Waals surface area contributed by atoms with Gasteiger partial charge in [-0.05, 0) is 6.92 Å². The zero-order valence-corrected chi connectivity index (χ0v) is 8.79. The van der Waals surface area contributed by atoms with E-state index in [2.05, 4.69) is 0 Å². The van der Waals surface area contributed by atoms with Gasteiger partial charge in [-0.25, -0.2) is 0 Å². The van der Waals surface area contributed by atoms with Gasteiger partial charge in [-0.2, -0.15) is 0 Å². The van der Waals surface area contributed by atoms with E-state index in [-0.39, 0.29) is 29.6 Å². The van der Waals surface area contributed by atoms with Gasteiger partial charge in [0, 0.05) is 12.9 Å². The first-order valence-corrected chi connectivity index (χ1v) is 2.12. The van der Waals surface area contributed by atoms with Crippen molar-refractivity contribution in [2.45, 2.75) is 13.8 Å². The molecular weight excluding hydrogens is 163 g/mol. The Labute approximate surface area is 86.7 Å². The van der Waals surface area contributed by atoms with Gasteiger partial charge >= 0.3 is 29.6 Å². The van der Waals surface area contributed by atoms with Gasteiger partial charge in [-0.1, -0.05) is 0 Å². The van der Waals surface area contributed by atoms with Crippen molar-refractivity contribution in [2.24, 2.45) is 0 Å². The number of carbonyl (C=O) groups is 3. The first-order chi connectivity index (χ1) is 4.46. The molecule has 1 N–H and O–H groups in total. The summed E-state index contributed by atoms with van der Waals surface area (Å²) >= 11 is 0. The zero-order valence-electron chi connectivity index (χ0n) is 6.79. The largest absolute Gasteiger partial charge is 1.00 e. The average molecular weight is 172 g/mol. The number of hydrogen-bond acceptors (Lipinski definition) is 4. The number of carbonyl (C=O) groups excluding carboxylic acids is 2. The third-order valence-electron chi connectivity index (χ3n) is 0. The van der Waals surface area contributed by atoms with Crippen LogP contribution in [0.25, 0.3) is 0 Å². The minimum absolute atomic E-state index is 0. The van der Waals surface area contributed by atoms with Crippen molar-refractivity contribution in [1.82, 2.24) is 0 Å². The predicted molar refractivity (Wildman–Crippen MR) is 31.1 cm³/mol. The van der Waals surface area contributed by atoms with Crippen LogP contribution in [-0.2, 0) is 14.4 Å². The Kier molecular flexibility index (Phi) is 46.1. The van der Waals surface area contributed by atoms with Crippen molar-refractivity contribution in [3.63, 3.8) is 0 Å². The van der Waals surface area contributed by atoms with Gasteiger partial charge in [-0.3, -0.25) is 4.79 Å². The number of rotatable bonds is 0. The van der Waals surface area contributed by atoms with E-state index in [0.717, 1.165) is 13.8 Å². The Morgan fingerprint density at radius 3 is 1.27 bits per heavy atom. The molecule has 0 fully saturated rings. The molecule has 0 heterocycles. The van der Waals surface area contributed by atoms with E-state index in [0.29, 0.717) is 0 Å². The molecule has 0 amide bonds. The van der Waals surface area contributed by atoms with Crippen molar-refractivity contribution in [1.29, 1.82) is 0 Å². The molecule has 11 heavy (non-hydrogen) atoms. The molecule has 0 saturated carbocycles. The molecule has 0 radical (unpaired) electrons. The van der Waals surface area contributed by atoms with Crippen LogP contribution in [0, 0.1) is 0 Å². The Hall–Kier alpha value is -0.390. The number of aliphatic carboxylic acids is 2. The van der Waals surface area contributed by atoms with Crippen molar-refractivity contribution in [3.8, 4) is 0 Å². The number of hydrogen-bond donors (Lipinski definition) is 1. The molecule has 0 bridgehead atoms. The van der Waals surface area contributed by atoms with Crippen LogP contribution in [0.1, 0.15) is 13.8 Å². The fraction of sp³-hybridized carbons (Fsp3) is 0.400. The van der Waals surface area contributed by atoms with E-state index in [4.69, 9.17) is 24.6 Å². The van der Waals surface area contributed by atoms with Crippen molar-refractivity contribution in [3.05, 3.63) is 0 Å². The first kappa shape index (κ1) is 22.4. The van der Waals surface area contributed by atoms with Crippen LogP contribution in [0.15, 0.2) is 0 Å². The molecular formula is C5H9NaO5. The van der Waals surface area contributed by atoms with Gasteiger partial charge in [0.2, 0.25) is 0 Å². The second kappa shape index (κ2) is 22.6. The Morgan fingerprint density at radius 1 is 1.27 bits per heavy atom. The molecule has 0 spiro atoms. The summed E-state index contributed by atoms with van der Waals surface area (Å²) in [6.07, 6.45) is 0. The minimum atomic E-state index is -1.08. The summed E-state index contributed by atoms with van der Waals surface area (Å²) < 4.78 is 0. The molecule has 0 atom stereocenters. The standard InChI is InChI=1S/2C2H4O2.CH2O.Na/c2*1-2(3)4;1-2;/h2*1H3,(H,3,4);1H2;/q;;;+1/p-1. The summed E-state index contributed by atoms with van der Waals surface area (Å²) in [6, 6.07) is 0. The molecule has 5 nitrogen and oxygen atoms in total. The Balaban J connectivity index is -0.0000000339. The van der Waals surface area contributed by atoms with Crippen LogP contribution in [0.3, 0.4) is 0 Å². The quantitative estimate of drug-likeness (QED) is 0.373. The molecule has 0 saturated heterocycles. The second-order valence-corrected chi connectivity index (χ2v) is 1.01. The number of carboxylic acids is 2. The van der Waals surface area contributed by atoms with Crippen LogP contribution in [0.4, 0.5) is 0 Å². The van der Waals surface area contributed by atoms with Gasteiger partial charge in [0.15, 0.2) is 0 Å². The maximum Gasteiger partial charge on any atom is 1.00 e. The molecule has 0 aromatic carbocycles. The SMILES string of the molecule is C=O.CC(=O)O.CC(=O)[O-].[Na+]. The molecule has 0 unspecified atom stereocenters. The third kappa shape index (κ3) is 3660. The van der Waals surface area contributed by atoms with E-state index in [1.165, 1.54) is 0 Å². The summed E-state index contributed by atoms with van der Waals surface area (Å²) in [4.78, 5) is 25.9. The van der Waals surface area contributed by atoms with E-state index in [1.54, 1.807) is 0 Å². The molecule has 0 aromatic rings. The van der Waals surface area contributed by atoms with Crippen molar-refractivity contribution < 1.29 is 54.2 Å². The van der Waals surface area contributed by atoms with Crippen LogP contribution in [0.5, 0.6) is 0 Å². The topological polar surface area (TPSA) is 94.5 Å².